The van der Waals surface area contributed by atoms with E-state index in [1.165, 1.54) is 36.4 Å². The topological polar surface area (TPSA) is 128 Å². The van der Waals surface area contributed by atoms with E-state index in [-0.39, 0.29) is 22.5 Å². The second-order valence-electron chi connectivity index (χ2n) is 4.32. The molecule has 1 N–H and O–H groups in total. The monoisotopic (exact) mass is 314 g/mol. The van der Waals surface area contributed by atoms with Gasteiger partial charge in [0.15, 0.2) is 0 Å². The number of hydrogen-bond donors (Lipinski definition) is 1. The highest BCUT2D eigenvalue weighted by Crippen LogP contribution is 2.15. The number of carbonyl (C=O) groups excluding carboxylic acids is 1. The first-order chi connectivity index (χ1) is 11.0. The third kappa shape index (κ3) is 3.94. The highest BCUT2D eigenvalue weighted by atomic mass is 16.6. The Hall–Kier alpha value is -3.62. The minimum atomic E-state index is -0.663. The van der Waals surface area contributed by atoms with Crippen molar-refractivity contribution in [3.8, 4) is 0 Å². The Morgan fingerprint density at radius 3 is 2.48 bits per heavy atom. The molecule has 2 aromatic carbocycles. The lowest BCUT2D eigenvalue weighted by Gasteiger charge is -2.00. The van der Waals surface area contributed by atoms with Crippen LogP contribution in [-0.2, 0) is 0 Å². The Labute approximate surface area is 129 Å². The Morgan fingerprint density at radius 2 is 1.78 bits per heavy atom. The van der Waals surface area contributed by atoms with Crippen LogP contribution in [-0.4, -0.2) is 22.0 Å². The average Bonchev–Trinajstić information content (AvgIpc) is 2.55. The molecule has 116 valence electrons. The van der Waals surface area contributed by atoms with Crippen molar-refractivity contribution in [1.82, 2.24) is 5.43 Å². The Kier molecular flexibility index (Phi) is 4.72. The molecule has 9 nitrogen and oxygen atoms in total. The number of hydrazone groups is 1. The van der Waals surface area contributed by atoms with Crippen molar-refractivity contribution >= 4 is 23.5 Å². The fourth-order valence-corrected chi connectivity index (χ4v) is 1.75. The molecular weight excluding hydrogens is 304 g/mol. The zero-order valence-electron chi connectivity index (χ0n) is 11.6. The molecule has 0 unspecified atom stereocenters. The van der Waals surface area contributed by atoms with Crippen molar-refractivity contribution in [3.05, 3.63) is 79.9 Å². The molecule has 0 fully saturated rings. The predicted octanol–water partition coefficient (Wildman–Crippen LogP) is 2.27. The number of nitro groups is 2. The molecule has 23 heavy (non-hydrogen) atoms. The van der Waals surface area contributed by atoms with E-state index in [0.29, 0.717) is 0 Å². The number of rotatable bonds is 5. The fourth-order valence-electron chi connectivity index (χ4n) is 1.75. The van der Waals surface area contributed by atoms with Gasteiger partial charge in [-0.3, -0.25) is 25.0 Å². The third-order valence-electron chi connectivity index (χ3n) is 2.82. The number of non-ortho nitro benzene ring substituents is 1. The van der Waals surface area contributed by atoms with Crippen molar-refractivity contribution in [3.63, 3.8) is 0 Å². The summed E-state index contributed by atoms with van der Waals surface area (Å²) in [5.74, 6) is -0.663. The molecule has 0 bridgehead atoms. The predicted molar refractivity (Wildman–Crippen MR) is 81.3 cm³/mol. The number of para-hydroxylation sites is 1. The summed E-state index contributed by atoms with van der Waals surface area (Å²) >= 11 is 0. The zero-order chi connectivity index (χ0) is 16.8. The van der Waals surface area contributed by atoms with Crippen molar-refractivity contribution in [2.45, 2.75) is 0 Å². The van der Waals surface area contributed by atoms with Gasteiger partial charge in [-0.25, -0.2) is 5.43 Å². The minimum Gasteiger partial charge on any atom is -0.267 e. The van der Waals surface area contributed by atoms with E-state index in [9.17, 15) is 25.0 Å². The first kappa shape index (κ1) is 15.8. The lowest BCUT2D eigenvalue weighted by Crippen LogP contribution is -2.17. The van der Waals surface area contributed by atoms with Gasteiger partial charge in [-0.1, -0.05) is 18.2 Å². The number of hydrogen-bond acceptors (Lipinski definition) is 6. The minimum absolute atomic E-state index is 0.0545. The Bertz CT molecular complexity index is 803. The average molecular weight is 314 g/mol. The van der Waals surface area contributed by atoms with Crippen LogP contribution in [0.1, 0.15) is 15.9 Å². The molecule has 0 atom stereocenters. The number of nitrogens with one attached hydrogen (secondary N) is 1. The van der Waals surface area contributed by atoms with Crippen LogP contribution in [0.25, 0.3) is 0 Å². The van der Waals surface area contributed by atoms with Gasteiger partial charge < -0.3 is 0 Å². The summed E-state index contributed by atoms with van der Waals surface area (Å²) in [5.41, 5.74) is 2.06. The summed E-state index contributed by atoms with van der Waals surface area (Å²) in [4.78, 5) is 32.2. The summed E-state index contributed by atoms with van der Waals surface area (Å²) in [6.45, 7) is 0. The highest BCUT2D eigenvalue weighted by Gasteiger charge is 2.12. The number of nitrogens with zero attached hydrogens (tertiary/aromatic N) is 3. The van der Waals surface area contributed by atoms with Gasteiger partial charge in [0.05, 0.1) is 21.6 Å². The second kappa shape index (κ2) is 6.89. The number of nitro benzene ring substituents is 2. The van der Waals surface area contributed by atoms with E-state index in [0.717, 1.165) is 12.3 Å². The van der Waals surface area contributed by atoms with Gasteiger partial charge in [0.25, 0.3) is 17.3 Å². The first-order valence-electron chi connectivity index (χ1n) is 6.30. The SMILES string of the molecule is O=C(N/N=C/c1ccccc1[N+](=O)[O-])c1cccc([N+](=O)[O-])c1. The number of benzene rings is 2. The molecule has 1 amide bonds. The van der Waals surface area contributed by atoms with E-state index < -0.39 is 15.8 Å². The molecule has 2 aromatic rings. The van der Waals surface area contributed by atoms with E-state index in [1.807, 2.05) is 0 Å². The lowest BCUT2D eigenvalue weighted by molar-refractivity contribution is -0.385. The standard InChI is InChI=1S/C14H10N4O5/c19-14(10-5-3-6-12(8-10)17(20)21)16-15-9-11-4-1-2-7-13(11)18(22)23/h1-9H,(H,16,19)/b15-9+. The van der Waals surface area contributed by atoms with E-state index in [2.05, 4.69) is 10.5 Å². The van der Waals surface area contributed by atoms with Gasteiger partial charge >= 0.3 is 0 Å². The van der Waals surface area contributed by atoms with Crippen LogP contribution < -0.4 is 5.43 Å². The van der Waals surface area contributed by atoms with Crippen LogP contribution in [0.4, 0.5) is 11.4 Å². The number of amides is 1. The van der Waals surface area contributed by atoms with Crippen LogP contribution in [0.15, 0.2) is 53.6 Å². The first-order valence-corrected chi connectivity index (χ1v) is 6.30. The van der Waals surface area contributed by atoms with Crippen molar-refractivity contribution in [1.29, 1.82) is 0 Å². The van der Waals surface area contributed by atoms with Crippen molar-refractivity contribution in [2.75, 3.05) is 0 Å². The molecule has 0 aromatic heterocycles. The molecule has 0 aliphatic rings. The molecule has 0 spiro atoms. The van der Waals surface area contributed by atoms with Gasteiger partial charge in [-0.15, -0.1) is 0 Å². The van der Waals surface area contributed by atoms with Crippen LogP contribution in [0.2, 0.25) is 0 Å². The molecule has 9 heteroatoms. The molecule has 0 saturated heterocycles. The molecule has 0 aliphatic heterocycles. The maximum Gasteiger partial charge on any atom is 0.278 e. The smallest absolute Gasteiger partial charge is 0.267 e. The maximum absolute atomic E-state index is 11.8. The lowest BCUT2D eigenvalue weighted by atomic mass is 10.2. The maximum atomic E-state index is 11.8. The van der Waals surface area contributed by atoms with Gasteiger partial charge in [-0.2, -0.15) is 5.10 Å². The van der Waals surface area contributed by atoms with Gasteiger partial charge in [0, 0.05) is 23.8 Å². The molecular formula is C14H10N4O5. The molecule has 0 radical (unpaired) electrons. The van der Waals surface area contributed by atoms with E-state index in [1.54, 1.807) is 6.07 Å². The molecule has 0 heterocycles. The fraction of sp³-hybridized carbons (Fsp3) is 0. The van der Waals surface area contributed by atoms with Gasteiger partial charge in [0.1, 0.15) is 0 Å². The molecule has 0 saturated carbocycles. The normalized spacial score (nSPS) is 10.4. The Morgan fingerprint density at radius 1 is 1.04 bits per heavy atom. The van der Waals surface area contributed by atoms with Crippen LogP contribution in [0, 0.1) is 20.2 Å². The summed E-state index contributed by atoms with van der Waals surface area (Å²) in [5, 5.41) is 25.1. The van der Waals surface area contributed by atoms with Gasteiger partial charge in [0.2, 0.25) is 0 Å². The molecule has 2 rings (SSSR count). The van der Waals surface area contributed by atoms with Crippen LogP contribution in [0.3, 0.4) is 0 Å². The second-order valence-corrected chi connectivity index (χ2v) is 4.32. The molecule has 0 aliphatic carbocycles. The van der Waals surface area contributed by atoms with Crippen molar-refractivity contribution < 1.29 is 14.6 Å². The quantitative estimate of drug-likeness (QED) is 0.514. The summed E-state index contributed by atoms with van der Waals surface area (Å²) in [7, 11) is 0. The van der Waals surface area contributed by atoms with Crippen LogP contribution in [0.5, 0.6) is 0 Å². The summed E-state index contributed by atoms with van der Waals surface area (Å²) in [6.07, 6.45) is 1.13. The zero-order valence-corrected chi connectivity index (χ0v) is 11.6. The summed E-state index contributed by atoms with van der Waals surface area (Å²) in [6, 6.07) is 11.0. The summed E-state index contributed by atoms with van der Waals surface area (Å²) < 4.78 is 0. The Balaban J connectivity index is 2.12. The number of carbonyl (C=O) groups is 1. The third-order valence-corrected chi connectivity index (χ3v) is 2.82. The van der Waals surface area contributed by atoms with Crippen LogP contribution >= 0.6 is 0 Å². The largest absolute Gasteiger partial charge is 0.278 e. The van der Waals surface area contributed by atoms with E-state index >= 15 is 0 Å². The van der Waals surface area contributed by atoms with E-state index in [4.69, 9.17) is 0 Å². The van der Waals surface area contributed by atoms with Crippen molar-refractivity contribution in [2.24, 2.45) is 5.10 Å². The highest BCUT2D eigenvalue weighted by molar-refractivity contribution is 5.95. The van der Waals surface area contributed by atoms with Gasteiger partial charge in [-0.05, 0) is 12.1 Å².